The Hall–Kier alpha value is -2.79. The quantitative estimate of drug-likeness (QED) is 0.656. The van der Waals surface area contributed by atoms with E-state index in [0.29, 0.717) is 22.0 Å². The third-order valence-electron chi connectivity index (χ3n) is 3.89. The van der Waals surface area contributed by atoms with E-state index in [0.717, 1.165) is 5.56 Å². The molecule has 6 heteroatoms. The van der Waals surface area contributed by atoms with Crippen LogP contribution in [0.3, 0.4) is 0 Å². The Kier molecular flexibility index (Phi) is 5.00. The van der Waals surface area contributed by atoms with E-state index in [-0.39, 0.29) is 11.7 Å². The number of amides is 2. The lowest BCUT2D eigenvalue weighted by Crippen LogP contribution is -2.35. The van der Waals surface area contributed by atoms with Crippen molar-refractivity contribution >= 4 is 35.2 Å². The van der Waals surface area contributed by atoms with Crippen LogP contribution in [0.2, 0.25) is 5.02 Å². The van der Waals surface area contributed by atoms with Gasteiger partial charge in [0, 0.05) is 10.6 Å². The largest absolute Gasteiger partial charge is 0.490 e. The van der Waals surface area contributed by atoms with Crippen LogP contribution < -0.4 is 15.2 Å². The van der Waals surface area contributed by atoms with E-state index in [1.54, 1.807) is 36.4 Å². The number of hydrogen-bond acceptors (Lipinski definition) is 3. The maximum Gasteiger partial charge on any atom is 0.282 e. The second-order valence-corrected chi connectivity index (χ2v) is 6.68. The number of nitrogens with zero attached hydrogens (tertiary/aromatic N) is 1. The minimum atomic E-state index is -0.467. The molecule has 0 aromatic heterocycles. The number of aryl methyl sites for hydroxylation is 1. The molecule has 0 radical (unpaired) electrons. The summed E-state index contributed by atoms with van der Waals surface area (Å²) >= 11 is 6.13. The number of carbonyl (C=O) groups is 2. The highest BCUT2D eigenvalue weighted by Gasteiger charge is 2.34. The van der Waals surface area contributed by atoms with Gasteiger partial charge in [0.15, 0.2) is 0 Å². The van der Waals surface area contributed by atoms with Crippen molar-refractivity contribution in [3.8, 4) is 5.75 Å². The van der Waals surface area contributed by atoms with Gasteiger partial charge in [0.2, 0.25) is 0 Å². The molecule has 2 aromatic rings. The molecule has 1 fully saturated rings. The minimum absolute atomic E-state index is 0.0196. The SMILES string of the molecule is Cc1ccc(N2NC(=O)/C(=C/c3ccccc3OC(C)C)C2=O)cc1Cl. The lowest BCUT2D eigenvalue weighted by Gasteiger charge is -2.15. The topological polar surface area (TPSA) is 58.6 Å². The fourth-order valence-corrected chi connectivity index (χ4v) is 2.75. The van der Waals surface area contributed by atoms with Crippen LogP contribution in [0.15, 0.2) is 48.0 Å². The average molecular weight is 371 g/mol. The smallest absolute Gasteiger partial charge is 0.282 e. The molecule has 1 saturated heterocycles. The van der Waals surface area contributed by atoms with Crippen molar-refractivity contribution in [3.05, 3.63) is 64.2 Å². The van der Waals surface area contributed by atoms with Crippen LogP contribution >= 0.6 is 11.6 Å². The lowest BCUT2D eigenvalue weighted by molar-refractivity contribution is -0.117. The number of carbonyl (C=O) groups excluding carboxylic acids is 2. The molecule has 2 aromatic carbocycles. The third kappa shape index (κ3) is 3.58. The Bertz CT molecular complexity index is 906. The zero-order chi connectivity index (χ0) is 18.8. The summed E-state index contributed by atoms with van der Waals surface area (Å²) in [6, 6.07) is 12.5. The number of benzene rings is 2. The van der Waals surface area contributed by atoms with Crippen LogP contribution in [0.25, 0.3) is 6.08 Å². The molecule has 1 aliphatic rings. The lowest BCUT2D eigenvalue weighted by atomic mass is 10.1. The highest BCUT2D eigenvalue weighted by molar-refractivity contribution is 6.33. The summed E-state index contributed by atoms with van der Waals surface area (Å²) in [4.78, 5) is 25.1. The van der Waals surface area contributed by atoms with Gasteiger partial charge >= 0.3 is 0 Å². The zero-order valence-corrected chi connectivity index (χ0v) is 15.5. The van der Waals surface area contributed by atoms with Crippen LogP contribution in [0, 0.1) is 6.92 Å². The van der Waals surface area contributed by atoms with Crippen molar-refractivity contribution in [3.63, 3.8) is 0 Å². The number of halogens is 1. The Morgan fingerprint density at radius 2 is 1.88 bits per heavy atom. The molecule has 1 heterocycles. The number of rotatable bonds is 4. The summed E-state index contributed by atoms with van der Waals surface area (Å²) in [5.74, 6) is -0.284. The summed E-state index contributed by atoms with van der Waals surface area (Å²) in [5, 5.41) is 1.73. The first-order chi connectivity index (χ1) is 12.4. The number of ether oxygens (including phenoxy) is 1. The normalized spacial score (nSPS) is 15.7. The molecular weight excluding hydrogens is 352 g/mol. The van der Waals surface area contributed by atoms with Gasteiger partial charge in [-0.05, 0) is 50.6 Å². The van der Waals surface area contributed by atoms with Gasteiger partial charge in [-0.15, -0.1) is 0 Å². The maximum absolute atomic E-state index is 12.7. The zero-order valence-electron chi connectivity index (χ0n) is 14.7. The first kappa shape index (κ1) is 18.0. The number of para-hydroxylation sites is 1. The second kappa shape index (κ2) is 7.22. The summed E-state index contributed by atoms with van der Waals surface area (Å²) in [7, 11) is 0. The van der Waals surface area contributed by atoms with Crippen LogP contribution in [-0.4, -0.2) is 17.9 Å². The Morgan fingerprint density at radius 3 is 2.58 bits per heavy atom. The van der Waals surface area contributed by atoms with E-state index in [1.807, 2.05) is 32.9 Å². The number of hydrogen-bond donors (Lipinski definition) is 1. The van der Waals surface area contributed by atoms with E-state index in [9.17, 15) is 9.59 Å². The van der Waals surface area contributed by atoms with E-state index in [2.05, 4.69) is 5.43 Å². The molecule has 1 N–H and O–H groups in total. The number of nitrogens with one attached hydrogen (secondary N) is 1. The van der Waals surface area contributed by atoms with Gasteiger partial charge in [-0.25, -0.2) is 5.01 Å². The van der Waals surface area contributed by atoms with Crippen molar-refractivity contribution < 1.29 is 14.3 Å². The highest BCUT2D eigenvalue weighted by Crippen LogP contribution is 2.28. The van der Waals surface area contributed by atoms with Crippen molar-refractivity contribution in [2.24, 2.45) is 0 Å². The van der Waals surface area contributed by atoms with Gasteiger partial charge in [0.25, 0.3) is 11.8 Å². The monoisotopic (exact) mass is 370 g/mol. The number of hydrazine groups is 1. The molecular formula is C20H19ClN2O3. The first-order valence-corrected chi connectivity index (χ1v) is 8.63. The van der Waals surface area contributed by atoms with Crippen LogP contribution in [0.1, 0.15) is 25.0 Å². The maximum atomic E-state index is 12.7. The molecule has 0 atom stereocenters. The average Bonchev–Trinajstić information content (AvgIpc) is 2.87. The van der Waals surface area contributed by atoms with Gasteiger partial charge in [0.05, 0.1) is 11.8 Å². The van der Waals surface area contributed by atoms with Crippen molar-refractivity contribution in [2.45, 2.75) is 26.9 Å². The van der Waals surface area contributed by atoms with Gasteiger partial charge in [0.1, 0.15) is 11.3 Å². The van der Waals surface area contributed by atoms with Crippen LogP contribution in [0.4, 0.5) is 5.69 Å². The Labute approximate surface area is 157 Å². The first-order valence-electron chi connectivity index (χ1n) is 8.26. The predicted octanol–water partition coefficient (Wildman–Crippen LogP) is 3.90. The molecule has 26 heavy (non-hydrogen) atoms. The summed E-state index contributed by atoms with van der Waals surface area (Å²) < 4.78 is 5.75. The van der Waals surface area contributed by atoms with Crippen molar-refractivity contribution in [1.29, 1.82) is 0 Å². The van der Waals surface area contributed by atoms with Crippen molar-refractivity contribution in [1.82, 2.24) is 5.43 Å². The molecule has 134 valence electrons. The van der Waals surface area contributed by atoms with Crippen molar-refractivity contribution in [2.75, 3.05) is 5.01 Å². The van der Waals surface area contributed by atoms with E-state index in [4.69, 9.17) is 16.3 Å². The Morgan fingerprint density at radius 1 is 1.15 bits per heavy atom. The molecule has 3 rings (SSSR count). The molecule has 0 spiro atoms. The molecule has 2 amide bonds. The fraction of sp³-hybridized carbons (Fsp3) is 0.200. The van der Waals surface area contributed by atoms with Crippen LogP contribution in [-0.2, 0) is 9.59 Å². The summed E-state index contributed by atoms with van der Waals surface area (Å²) in [5.41, 5.74) is 4.69. The Balaban J connectivity index is 1.95. The molecule has 0 aliphatic carbocycles. The highest BCUT2D eigenvalue weighted by atomic mass is 35.5. The van der Waals surface area contributed by atoms with Gasteiger partial charge < -0.3 is 4.74 Å². The predicted molar refractivity (Wildman–Crippen MR) is 102 cm³/mol. The summed E-state index contributed by atoms with van der Waals surface area (Å²) in [6.07, 6.45) is 1.53. The van der Waals surface area contributed by atoms with E-state index >= 15 is 0 Å². The molecule has 0 saturated carbocycles. The molecule has 5 nitrogen and oxygen atoms in total. The number of anilines is 1. The molecule has 0 unspecified atom stereocenters. The van der Waals surface area contributed by atoms with Gasteiger partial charge in [-0.2, -0.15) is 0 Å². The van der Waals surface area contributed by atoms with Gasteiger partial charge in [-0.3, -0.25) is 15.0 Å². The standard InChI is InChI=1S/C20H19ClN2O3/c1-12(2)26-18-7-5-4-6-14(18)10-16-19(24)22-23(20(16)25)15-9-8-13(3)17(21)11-15/h4-12H,1-3H3,(H,22,24)/b16-10-. The third-order valence-corrected chi connectivity index (χ3v) is 4.29. The van der Waals surface area contributed by atoms with Gasteiger partial charge in [-0.1, -0.05) is 35.9 Å². The van der Waals surface area contributed by atoms with E-state index < -0.39 is 11.8 Å². The molecule has 0 bridgehead atoms. The molecule has 1 aliphatic heterocycles. The minimum Gasteiger partial charge on any atom is -0.490 e. The fourth-order valence-electron chi connectivity index (χ4n) is 2.58. The second-order valence-electron chi connectivity index (χ2n) is 6.28. The van der Waals surface area contributed by atoms with E-state index in [1.165, 1.54) is 5.01 Å². The van der Waals surface area contributed by atoms with Crippen LogP contribution in [0.5, 0.6) is 5.75 Å². The summed E-state index contributed by atoms with van der Waals surface area (Å²) in [6.45, 7) is 5.70.